The number of rotatable bonds is 8. The largest absolute Gasteiger partial charge is 0.356 e. The highest BCUT2D eigenvalue weighted by molar-refractivity contribution is 5.79. The monoisotopic (exact) mass is 378 g/mol. The zero-order valence-corrected chi connectivity index (χ0v) is 17.0. The minimum Gasteiger partial charge on any atom is -0.356 e. The number of benzene rings is 1. The number of aromatic nitrogens is 3. The average Bonchev–Trinajstić information content (AvgIpc) is 3.13. The van der Waals surface area contributed by atoms with Crippen LogP contribution in [0.25, 0.3) is 5.65 Å². The van der Waals surface area contributed by atoms with Gasteiger partial charge in [-0.3, -0.25) is 9.39 Å². The predicted molar refractivity (Wildman–Crippen MR) is 115 cm³/mol. The number of aliphatic imine (C=N–C) groups is 1. The van der Waals surface area contributed by atoms with E-state index in [1.54, 1.807) is 7.05 Å². The van der Waals surface area contributed by atoms with Crippen LogP contribution in [0.4, 0.5) is 0 Å². The van der Waals surface area contributed by atoms with E-state index in [1.807, 2.05) is 28.8 Å². The van der Waals surface area contributed by atoms with Crippen molar-refractivity contribution < 1.29 is 0 Å². The zero-order chi connectivity index (χ0) is 19.8. The first-order valence-electron chi connectivity index (χ1n) is 9.99. The summed E-state index contributed by atoms with van der Waals surface area (Å²) in [6, 6.07) is 14.9. The Balaban J connectivity index is 1.37. The summed E-state index contributed by atoms with van der Waals surface area (Å²) in [4.78, 5) is 4.30. The molecule has 0 bridgehead atoms. The summed E-state index contributed by atoms with van der Waals surface area (Å²) in [7, 11) is 1.80. The molecule has 0 atom stereocenters. The van der Waals surface area contributed by atoms with Crippen molar-refractivity contribution in [2.45, 2.75) is 39.0 Å². The van der Waals surface area contributed by atoms with E-state index in [-0.39, 0.29) is 0 Å². The average molecular weight is 379 g/mol. The van der Waals surface area contributed by atoms with Gasteiger partial charge in [0, 0.05) is 32.8 Å². The number of hydrogen-bond acceptors (Lipinski definition) is 3. The number of nitrogens with zero attached hydrogens (tertiary/aromatic N) is 4. The Morgan fingerprint density at radius 1 is 1.00 bits per heavy atom. The van der Waals surface area contributed by atoms with Crippen molar-refractivity contribution in [1.82, 2.24) is 25.2 Å². The summed E-state index contributed by atoms with van der Waals surface area (Å²) < 4.78 is 2.02. The fourth-order valence-electron chi connectivity index (χ4n) is 3.14. The van der Waals surface area contributed by atoms with Gasteiger partial charge in [-0.05, 0) is 42.0 Å². The number of hydrogen-bond donors (Lipinski definition) is 2. The van der Waals surface area contributed by atoms with Crippen LogP contribution in [0.1, 0.15) is 43.1 Å². The Hall–Kier alpha value is -2.89. The minimum absolute atomic E-state index is 0.584. The summed E-state index contributed by atoms with van der Waals surface area (Å²) in [5.74, 6) is 2.35. The number of fused-ring (bicyclic) bond motifs is 1. The summed E-state index contributed by atoms with van der Waals surface area (Å²) >= 11 is 0. The highest BCUT2D eigenvalue weighted by Gasteiger charge is 2.05. The van der Waals surface area contributed by atoms with Crippen LogP contribution in [-0.2, 0) is 12.8 Å². The maximum atomic E-state index is 4.30. The van der Waals surface area contributed by atoms with E-state index >= 15 is 0 Å². The van der Waals surface area contributed by atoms with Crippen molar-refractivity contribution in [1.29, 1.82) is 0 Å². The molecule has 2 heterocycles. The van der Waals surface area contributed by atoms with E-state index in [0.717, 1.165) is 49.8 Å². The molecule has 6 nitrogen and oxygen atoms in total. The molecule has 6 heteroatoms. The van der Waals surface area contributed by atoms with Crippen molar-refractivity contribution in [2.24, 2.45) is 4.99 Å². The normalized spacial score (nSPS) is 11.9. The molecule has 0 aliphatic rings. The third-order valence-electron chi connectivity index (χ3n) is 4.83. The van der Waals surface area contributed by atoms with Crippen LogP contribution >= 0.6 is 0 Å². The van der Waals surface area contributed by atoms with Gasteiger partial charge in [0.25, 0.3) is 0 Å². The first kappa shape index (κ1) is 19.9. The molecule has 0 aliphatic heterocycles. The standard InChI is InChI=1S/C22H30N6/c1-17(2)19-11-9-18(10-12-19)7-6-14-24-22(23-3)25-15-13-21-27-26-20-8-4-5-16-28(20)21/h4-5,8-12,16-17H,6-7,13-15H2,1-3H3,(H2,23,24,25). The third-order valence-corrected chi connectivity index (χ3v) is 4.83. The van der Waals surface area contributed by atoms with Crippen molar-refractivity contribution in [3.8, 4) is 0 Å². The van der Waals surface area contributed by atoms with E-state index < -0.39 is 0 Å². The van der Waals surface area contributed by atoms with Crippen LogP contribution < -0.4 is 10.6 Å². The molecule has 3 rings (SSSR count). The number of aryl methyl sites for hydroxylation is 1. The van der Waals surface area contributed by atoms with Crippen molar-refractivity contribution in [2.75, 3.05) is 20.1 Å². The molecule has 0 unspecified atom stereocenters. The van der Waals surface area contributed by atoms with Gasteiger partial charge in [0.1, 0.15) is 5.82 Å². The maximum Gasteiger partial charge on any atom is 0.190 e. The number of pyridine rings is 1. The Bertz CT molecular complexity index is 895. The first-order valence-corrected chi connectivity index (χ1v) is 9.99. The molecular formula is C22H30N6. The first-order chi connectivity index (χ1) is 13.7. The Labute approximate surface area is 167 Å². The maximum absolute atomic E-state index is 4.30. The molecule has 0 saturated carbocycles. The SMILES string of the molecule is CN=C(NCCCc1ccc(C(C)C)cc1)NCCc1nnc2ccccn12. The lowest BCUT2D eigenvalue weighted by Crippen LogP contribution is -2.39. The van der Waals surface area contributed by atoms with Gasteiger partial charge in [0.2, 0.25) is 0 Å². The second-order valence-electron chi connectivity index (χ2n) is 7.22. The van der Waals surface area contributed by atoms with Gasteiger partial charge in [-0.2, -0.15) is 0 Å². The molecule has 2 N–H and O–H groups in total. The fourth-order valence-corrected chi connectivity index (χ4v) is 3.14. The van der Waals surface area contributed by atoms with Crippen molar-refractivity contribution in [3.63, 3.8) is 0 Å². The van der Waals surface area contributed by atoms with E-state index in [1.165, 1.54) is 11.1 Å². The van der Waals surface area contributed by atoms with E-state index in [2.05, 4.69) is 63.9 Å². The van der Waals surface area contributed by atoms with Crippen LogP contribution in [0.15, 0.2) is 53.7 Å². The topological polar surface area (TPSA) is 66.6 Å². The zero-order valence-electron chi connectivity index (χ0n) is 17.0. The molecule has 148 valence electrons. The Morgan fingerprint density at radius 3 is 2.54 bits per heavy atom. The van der Waals surface area contributed by atoms with Gasteiger partial charge in [-0.1, -0.05) is 44.2 Å². The van der Waals surface area contributed by atoms with Crippen molar-refractivity contribution >= 4 is 11.6 Å². The molecule has 0 aliphatic carbocycles. The van der Waals surface area contributed by atoms with E-state index in [0.29, 0.717) is 5.92 Å². The molecule has 1 aromatic carbocycles. The summed E-state index contributed by atoms with van der Waals surface area (Å²) in [6.07, 6.45) is 4.91. The molecule has 28 heavy (non-hydrogen) atoms. The quantitative estimate of drug-likeness (QED) is 0.359. The Kier molecular flexibility index (Phi) is 7.00. The lowest BCUT2D eigenvalue weighted by atomic mass is 10.0. The molecule has 3 aromatic rings. The number of guanidine groups is 1. The molecule has 0 amide bonds. The molecule has 0 fully saturated rings. The second-order valence-corrected chi connectivity index (χ2v) is 7.22. The summed E-state index contributed by atoms with van der Waals surface area (Å²) in [5, 5.41) is 15.2. The van der Waals surface area contributed by atoms with Gasteiger partial charge in [-0.15, -0.1) is 10.2 Å². The van der Waals surface area contributed by atoms with E-state index in [9.17, 15) is 0 Å². The molecule has 0 radical (unpaired) electrons. The summed E-state index contributed by atoms with van der Waals surface area (Å²) in [6.45, 7) is 6.09. The highest BCUT2D eigenvalue weighted by atomic mass is 15.2. The molecule has 2 aromatic heterocycles. The third kappa shape index (κ3) is 5.31. The van der Waals surface area contributed by atoms with Crippen molar-refractivity contribution in [3.05, 3.63) is 65.6 Å². The Morgan fingerprint density at radius 2 is 1.79 bits per heavy atom. The van der Waals surface area contributed by atoms with Crippen LogP contribution in [0.5, 0.6) is 0 Å². The van der Waals surface area contributed by atoms with Crippen LogP contribution in [-0.4, -0.2) is 40.7 Å². The molecule has 0 saturated heterocycles. The smallest absolute Gasteiger partial charge is 0.190 e. The van der Waals surface area contributed by atoms with Gasteiger partial charge in [0.15, 0.2) is 11.6 Å². The number of nitrogens with one attached hydrogen (secondary N) is 2. The summed E-state index contributed by atoms with van der Waals surface area (Å²) in [5.41, 5.74) is 3.65. The van der Waals surface area contributed by atoms with Crippen LogP contribution in [0, 0.1) is 0 Å². The van der Waals surface area contributed by atoms with Gasteiger partial charge in [-0.25, -0.2) is 0 Å². The lowest BCUT2D eigenvalue weighted by molar-refractivity contribution is 0.728. The molecule has 0 spiro atoms. The minimum atomic E-state index is 0.584. The van der Waals surface area contributed by atoms with Crippen LogP contribution in [0.3, 0.4) is 0 Å². The van der Waals surface area contributed by atoms with E-state index in [4.69, 9.17) is 0 Å². The van der Waals surface area contributed by atoms with Gasteiger partial charge < -0.3 is 10.6 Å². The lowest BCUT2D eigenvalue weighted by Gasteiger charge is -2.12. The molecular weight excluding hydrogens is 348 g/mol. The van der Waals surface area contributed by atoms with Crippen LogP contribution in [0.2, 0.25) is 0 Å². The predicted octanol–water partition coefficient (Wildman–Crippen LogP) is 3.19. The second kappa shape index (κ2) is 9.88. The van der Waals surface area contributed by atoms with Gasteiger partial charge >= 0.3 is 0 Å². The fraction of sp³-hybridized carbons (Fsp3) is 0.409. The highest BCUT2D eigenvalue weighted by Crippen LogP contribution is 2.15. The van der Waals surface area contributed by atoms with Gasteiger partial charge in [0.05, 0.1) is 0 Å².